The van der Waals surface area contributed by atoms with Crippen molar-refractivity contribution < 1.29 is 13.2 Å². The van der Waals surface area contributed by atoms with Gasteiger partial charge in [-0.05, 0) is 30.2 Å². The Labute approximate surface area is 119 Å². The van der Waals surface area contributed by atoms with Crippen molar-refractivity contribution in [2.24, 2.45) is 0 Å². The zero-order chi connectivity index (χ0) is 14.1. The van der Waals surface area contributed by atoms with Crippen molar-refractivity contribution in [3.8, 4) is 0 Å². The lowest BCUT2D eigenvalue weighted by Gasteiger charge is -2.27. The second-order valence-corrected chi connectivity index (χ2v) is 5.73. The van der Waals surface area contributed by atoms with Crippen molar-refractivity contribution in [2.45, 2.75) is 17.4 Å². The number of halogens is 3. The maximum atomic E-state index is 13.7. The Hall–Kier alpha value is -1.62. The van der Waals surface area contributed by atoms with Gasteiger partial charge in [0, 0.05) is 22.4 Å². The molecule has 1 atom stereocenters. The van der Waals surface area contributed by atoms with Crippen LogP contribution in [-0.2, 0) is 0 Å². The average Bonchev–Trinajstić information content (AvgIpc) is 2.44. The molecule has 2 aromatic carbocycles. The van der Waals surface area contributed by atoms with Crippen molar-refractivity contribution in [3.05, 3.63) is 59.4 Å². The quantitative estimate of drug-likeness (QED) is 0.858. The van der Waals surface area contributed by atoms with Crippen LogP contribution in [0.2, 0.25) is 0 Å². The van der Waals surface area contributed by atoms with Crippen LogP contribution in [-0.4, -0.2) is 5.75 Å². The number of rotatable bonds is 2. The molecule has 0 fully saturated rings. The van der Waals surface area contributed by atoms with Gasteiger partial charge in [-0.1, -0.05) is 12.1 Å². The molecule has 0 saturated carbocycles. The first kappa shape index (κ1) is 13.4. The van der Waals surface area contributed by atoms with Crippen molar-refractivity contribution in [1.29, 1.82) is 0 Å². The minimum Gasteiger partial charge on any atom is -0.378 e. The highest BCUT2D eigenvalue weighted by molar-refractivity contribution is 7.99. The van der Waals surface area contributed by atoms with Crippen LogP contribution < -0.4 is 5.32 Å². The summed E-state index contributed by atoms with van der Waals surface area (Å²) in [6.07, 6.45) is 0.806. The molecule has 0 spiro atoms. The van der Waals surface area contributed by atoms with Gasteiger partial charge in [-0.3, -0.25) is 0 Å². The fourth-order valence-corrected chi connectivity index (χ4v) is 3.46. The van der Waals surface area contributed by atoms with Gasteiger partial charge in [0.25, 0.3) is 0 Å². The number of fused-ring (bicyclic) bond motifs is 1. The first-order chi connectivity index (χ1) is 9.65. The Morgan fingerprint density at radius 2 is 1.85 bits per heavy atom. The first-order valence-electron chi connectivity index (χ1n) is 6.28. The van der Waals surface area contributed by atoms with Crippen molar-refractivity contribution in [2.75, 3.05) is 11.1 Å². The Balaban J connectivity index is 1.89. The Bertz CT molecular complexity index is 645. The van der Waals surface area contributed by atoms with Gasteiger partial charge in [0.05, 0.1) is 6.04 Å². The Morgan fingerprint density at radius 1 is 1.00 bits per heavy atom. The number of hydrogen-bond acceptors (Lipinski definition) is 2. The largest absolute Gasteiger partial charge is 0.378 e. The molecule has 0 radical (unpaired) electrons. The summed E-state index contributed by atoms with van der Waals surface area (Å²) in [6.45, 7) is 0. The lowest BCUT2D eigenvalue weighted by molar-refractivity contribution is 0.508. The summed E-state index contributed by atoms with van der Waals surface area (Å²) in [5, 5.41) is 3.15. The predicted octanol–water partition coefficient (Wildman–Crippen LogP) is 4.75. The third kappa shape index (κ3) is 2.50. The van der Waals surface area contributed by atoms with E-state index in [1.807, 2.05) is 6.07 Å². The molecule has 0 amide bonds. The highest BCUT2D eigenvalue weighted by atomic mass is 32.2. The van der Waals surface area contributed by atoms with E-state index in [2.05, 4.69) is 5.32 Å². The van der Waals surface area contributed by atoms with Gasteiger partial charge < -0.3 is 5.32 Å². The van der Waals surface area contributed by atoms with Crippen molar-refractivity contribution in [3.63, 3.8) is 0 Å². The van der Waals surface area contributed by atoms with E-state index in [0.29, 0.717) is 10.6 Å². The molecule has 1 aliphatic heterocycles. The molecule has 0 saturated heterocycles. The fraction of sp³-hybridized carbons (Fsp3) is 0.200. The molecular weight excluding hydrogens is 283 g/mol. The minimum atomic E-state index is -0.889. The molecule has 3 rings (SSSR count). The number of hydrogen-bond donors (Lipinski definition) is 1. The monoisotopic (exact) mass is 295 g/mol. The molecule has 1 aliphatic rings. The topological polar surface area (TPSA) is 12.0 Å². The molecule has 20 heavy (non-hydrogen) atoms. The van der Waals surface area contributed by atoms with Crippen molar-refractivity contribution in [1.82, 2.24) is 0 Å². The van der Waals surface area contributed by atoms with Gasteiger partial charge in [0.1, 0.15) is 5.82 Å². The highest BCUT2D eigenvalue weighted by Gasteiger charge is 2.23. The zero-order valence-corrected chi connectivity index (χ0v) is 11.3. The van der Waals surface area contributed by atoms with Crippen LogP contribution in [0.25, 0.3) is 0 Å². The second-order valence-electron chi connectivity index (χ2n) is 4.62. The molecule has 0 aromatic heterocycles. The van der Waals surface area contributed by atoms with Gasteiger partial charge in [0.15, 0.2) is 11.6 Å². The Morgan fingerprint density at radius 3 is 2.65 bits per heavy atom. The van der Waals surface area contributed by atoms with Gasteiger partial charge in [-0.25, -0.2) is 13.2 Å². The van der Waals surface area contributed by atoms with E-state index in [1.165, 1.54) is 23.9 Å². The molecular formula is C15H12F3NS. The van der Waals surface area contributed by atoms with Crippen LogP contribution in [0.5, 0.6) is 0 Å². The molecule has 0 aliphatic carbocycles. The van der Waals surface area contributed by atoms with Crippen LogP contribution in [0.4, 0.5) is 18.9 Å². The van der Waals surface area contributed by atoms with Crippen LogP contribution in [0, 0.1) is 17.5 Å². The third-order valence-electron chi connectivity index (χ3n) is 3.29. The standard InChI is InChI=1S/C15H12F3NS/c16-11-5-4-9(8-13(11)18)19-14-6-7-20-15-10(14)2-1-3-12(15)17/h1-5,8,14,19H,6-7H2. The number of benzene rings is 2. The number of thioether (sulfide) groups is 1. The smallest absolute Gasteiger partial charge is 0.160 e. The SMILES string of the molecule is Fc1ccc(NC2CCSc3c(F)cccc32)cc1F. The first-order valence-corrected chi connectivity index (χ1v) is 7.26. The van der Waals surface area contributed by atoms with Crippen LogP contribution in [0.1, 0.15) is 18.0 Å². The van der Waals surface area contributed by atoms with E-state index in [4.69, 9.17) is 0 Å². The number of anilines is 1. The van der Waals surface area contributed by atoms with E-state index in [-0.39, 0.29) is 11.9 Å². The normalized spacial score (nSPS) is 17.6. The zero-order valence-electron chi connectivity index (χ0n) is 10.5. The summed E-state index contributed by atoms with van der Waals surface area (Å²) < 4.78 is 39.9. The highest BCUT2D eigenvalue weighted by Crippen LogP contribution is 2.39. The molecule has 0 bridgehead atoms. The van der Waals surface area contributed by atoms with Crippen LogP contribution in [0.3, 0.4) is 0 Å². The van der Waals surface area contributed by atoms with Gasteiger partial charge >= 0.3 is 0 Å². The van der Waals surface area contributed by atoms with Gasteiger partial charge in [-0.2, -0.15) is 0 Å². The summed E-state index contributed by atoms with van der Waals surface area (Å²) in [5.74, 6) is -1.21. The van der Waals surface area contributed by atoms with E-state index in [1.54, 1.807) is 6.07 Å². The van der Waals surface area contributed by atoms with E-state index >= 15 is 0 Å². The lowest BCUT2D eigenvalue weighted by atomic mass is 10.0. The number of nitrogens with one attached hydrogen (secondary N) is 1. The van der Waals surface area contributed by atoms with Crippen LogP contribution >= 0.6 is 11.8 Å². The summed E-state index contributed by atoms with van der Waals surface area (Å²) in [6, 6.07) is 8.57. The van der Waals surface area contributed by atoms with Gasteiger partial charge in [0.2, 0.25) is 0 Å². The second kappa shape index (κ2) is 5.40. The summed E-state index contributed by atoms with van der Waals surface area (Å²) in [7, 11) is 0. The molecule has 104 valence electrons. The molecule has 5 heteroatoms. The molecule has 1 heterocycles. The maximum Gasteiger partial charge on any atom is 0.160 e. The van der Waals surface area contributed by atoms with E-state index in [9.17, 15) is 13.2 Å². The molecule has 1 N–H and O–H groups in total. The summed E-state index contributed by atoms with van der Waals surface area (Å²) >= 11 is 1.49. The van der Waals surface area contributed by atoms with Gasteiger partial charge in [-0.15, -0.1) is 11.8 Å². The molecule has 2 aromatic rings. The summed E-state index contributed by atoms with van der Waals surface area (Å²) in [4.78, 5) is 0.638. The average molecular weight is 295 g/mol. The molecule has 1 nitrogen and oxygen atoms in total. The van der Waals surface area contributed by atoms with E-state index in [0.717, 1.165) is 29.9 Å². The van der Waals surface area contributed by atoms with E-state index < -0.39 is 11.6 Å². The maximum absolute atomic E-state index is 13.7. The predicted molar refractivity (Wildman–Crippen MR) is 74.5 cm³/mol. The lowest BCUT2D eigenvalue weighted by Crippen LogP contribution is -2.17. The summed E-state index contributed by atoms with van der Waals surface area (Å²) in [5.41, 5.74) is 1.36. The van der Waals surface area contributed by atoms with Crippen LogP contribution in [0.15, 0.2) is 41.3 Å². The Kier molecular flexibility index (Phi) is 3.61. The third-order valence-corrected chi connectivity index (χ3v) is 4.45. The minimum absolute atomic E-state index is 0.0909. The van der Waals surface area contributed by atoms with Crippen molar-refractivity contribution >= 4 is 17.4 Å². The fourth-order valence-electron chi connectivity index (χ4n) is 2.32. The molecule has 1 unspecified atom stereocenters.